The Balaban J connectivity index is 1.86. The molecule has 29 heavy (non-hydrogen) atoms. The summed E-state index contributed by atoms with van der Waals surface area (Å²) >= 11 is 0. The summed E-state index contributed by atoms with van der Waals surface area (Å²) < 4.78 is 11.9. The summed E-state index contributed by atoms with van der Waals surface area (Å²) in [5.41, 5.74) is 9.91. The zero-order valence-corrected chi connectivity index (χ0v) is 14.9. The number of aromatic hydroxyl groups is 2. The van der Waals surface area contributed by atoms with E-state index in [1.54, 1.807) is 30.3 Å². The number of hydrogen-bond acceptors (Lipinski definition) is 6. The van der Waals surface area contributed by atoms with E-state index in [0.29, 0.717) is 39.3 Å². The van der Waals surface area contributed by atoms with Crippen LogP contribution in [0.1, 0.15) is 32.6 Å². The molecular formula is C21H13N3O5. The Morgan fingerprint density at radius 2 is 1.62 bits per heavy atom. The number of azide groups is 1. The Morgan fingerprint density at radius 1 is 0.966 bits per heavy atom. The van der Waals surface area contributed by atoms with Crippen molar-refractivity contribution >= 4 is 5.97 Å². The minimum absolute atomic E-state index is 0.00617. The van der Waals surface area contributed by atoms with Crippen molar-refractivity contribution in [1.29, 1.82) is 0 Å². The summed E-state index contributed by atoms with van der Waals surface area (Å²) in [5.74, 6) is 0.0467. The van der Waals surface area contributed by atoms with E-state index in [1.165, 1.54) is 24.3 Å². The van der Waals surface area contributed by atoms with Crippen LogP contribution in [0.15, 0.2) is 59.7 Å². The molecule has 1 spiro atoms. The number of phenolic OH excluding ortho intramolecular Hbond substituents is 2. The molecule has 0 aromatic heterocycles. The van der Waals surface area contributed by atoms with Crippen molar-refractivity contribution in [2.75, 3.05) is 0 Å². The van der Waals surface area contributed by atoms with Crippen molar-refractivity contribution in [2.24, 2.45) is 5.11 Å². The van der Waals surface area contributed by atoms with Gasteiger partial charge in [-0.15, -0.1) is 0 Å². The first kappa shape index (κ1) is 17.0. The van der Waals surface area contributed by atoms with Crippen LogP contribution in [-0.2, 0) is 16.9 Å². The number of hydrogen-bond donors (Lipinski definition) is 2. The molecule has 5 rings (SSSR count). The Bertz CT molecular complexity index is 1200. The van der Waals surface area contributed by atoms with Crippen LogP contribution in [0.4, 0.5) is 0 Å². The van der Waals surface area contributed by atoms with Crippen LogP contribution in [0.2, 0.25) is 0 Å². The molecule has 2 N–H and O–H groups in total. The fourth-order valence-electron chi connectivity index (χ4n) is 4.06. The van der Waals surface area contributed by atoms with Crippen LogP contribution >= 0.6 is 0 Å². The summed E-state index contributed by atoms with van der Waals surface area (Å²) in [4.78, 5) is 15.8. The molecule has 0 atom stereocenters. The first-order valence-corrected chi connectivity index (χ1v) is 8.76. The fourth-order valence-corrected chi connectivity index (χ4v) is 4.06. The van der Waals surface area contributed by atoms with Crippen molar-refractivity contribution in [2.45, 2.75) is 12.1 Å². The topological polar surface area (TPSA) is 125 Å². The lowest BCUT2D eigenvalue weighted by molar-refractivity contribution is 0.0224. The molecule has 0 radical (unpaired) electrons. The highest BCUT2D eigenvalue weighted by Gasteiger charge is 2.54. The molecule has 0 bridgehead atoms. The highest BCUT2D eigenvalue weighted by molar-refractivity contribution is 5.98. The normalized spacial score (nSPS) is 14.8. The van der Waals surface area contributed by atoms with E-state index in [4.69, 9.17) is 15.0 Å². The van der Waals surface area contributed by atoms with Gasteiger partial charge in [-0.2, -0.15) is 0 Å². The minimum Gasteiger partial charge on any atom is -0.508 e. The maximum Gasteiger partial charge on any atom is 0.340 e. The van der Waals surface area contributed by atoms with Gasteiger partial charge >= 0.3 is 5.97 Å². The van der Waals surface area contributed by atoms with Crippen LogP contribution in [0.3, 0.4) is 0 Å². The summed E-state index contributed by atoms with van der Waals surface area (Å²) in [7, 11) is 0. The maximum atomic E-state index is 13.0. The first-order valence-electron chi connectivity index (χ1n) is 8.76. The van der Waals surface area contributed by atoms with Gasteiger partial charge in [-0.1, -0.05) is 23.3 Å². The quantitative estimate of drug-likeness (QED) is 0.290. The summed E-state index contributed by atoms with van der Waals surface area (Å²) in [6.45, 7) is 0.00617. The number of fused-ring (bicyclic) bond motifs is 6. The van der Waals surface area contributed by atoms with Gasteiger partial charge in [-0.05, 0) is 35.4 Å². The number of carbonyl (C=O) groups is 1. The SMILES string of the molecule is [N-]=[N+]=NCc1cccc2c1C(=O)OC21c2ccc(O)cc2Oc2cc(O)ccc21. The third-order valence-corrected chi connectivity index (χ3v) is 5.19. The van der Waals surface area contributed by atoms with Crippen molar-refractivity contribution in [3.8, 4) is 23.0 Å². The van der Waals surface area contributed by atoms with E-state index < -0.39 is 11.6 Å². The molecule has 2 heterocycles. The van der Waals surface area contributed by atoms with E-state index >= 15 is 0 Å². The smallest absolute Gasteiger partial charge is 0.340 e. The predicted octanol–water partition coefficient (Wildman–Crippen LogP) is 4.48. The number of nitrogens with zero attached hydrogens (tertiary/aromatic N) is 3. The van der Waals surface area contributed by atoms with Gasteiger partial charge in [-0.3, -0.25) is 0 Å². The van der Waals surface area contributed by atoms with E-state index in [2.05, 4.69) is 10.0 Å². The van der Waals surface area contributed by atoms with Gasteiger partial charge in [0.2, 0.25) is 0 Å². The molecule has 0 aliphatic carbocycles. The van der Waals surface area contributed by atoms with Crippen molar-refractivity contribution in [3.63, 3.8) is 0 Å². The van der Waals surface area contributed by atoms with Gasteiger partial charge in [0.05, 0.1) is 12.1 Å². The van der Waals surface area contributed by atoms with Crippen LogP contribution in [0.5, 0.6) is 23.0 Å². The number of carbonyl (C=O) groups excluding carboxylic acids is 1. The number of ether oxygens (including phenoxy) is 2. The fraction of sp³-hybridized carbons (Fsp3) is 0.0952. The lowest BCUT2D eigenvalue weighted by atomic mass is 9.77. The summed E-state index contributed by atoms with van der Waals surface area (Å²) in [5, 5.41) is 23.4. The Hall–Kier alpha value is -4.16. The van der Waals surface area contributed by atoms with Gasteiger partial charge in [0, 0.05) is 33.7 Å². The second kappa shape index (κ2) is 5.92. The van der Waals surface area contributed by atoms with E-state index in [1.807, 2.05) is 0 Å². The molecule has 0 fully saturated rings. The third kappa shape index (κ3) is 2.27. The second-order valence-electron chi connectivity index (χ2n) is 6.76. The predicted molar refractivity (Wildman–Crippen MR) is 101 cm³/mol. The molecule has 2 aliphatic heterocycles. The van der Waals surface area contributed by atoms with Crippen molar-refractivity contribution in [3.05, 3.63) is 92.9 Å². The van der Waals surface area contributed by atoms with Gasteiger partial charge in [-0.25, -0.2) is 4.79 Å². The van der Waals surface area contributed by atoms with Crippen LogP contribution < -0.4 is 4.74 Å². The highest BCUT2D eigenvalue weighted by atomic mass is 16.6. The molecule has 0 saturated heterocycles. The highest BCUT2D eigenvalue weighted by Crippen LogP contribution is 2.57. The number of benzene rings is 3. The van der Waals surface area contributed by atoms with Gasteiger partial charge in [0.25, 0.3) is 0 Å². The van der Waals surface area contributed by atoms with Gasteiger partial charge < -0.3 is 19.7 Å². The number of esters is 1. The van der Waals surface area contributed by atoms with Crippen LogP contribution in [-0.4, -0.2) is 16.2 Å². The molecule has 0 unspecified atom stereocenters. The Labute approximate surface area is 164 Å². The van der Waals surface area contributed by atoms with Crippen LogP contribution in [0.25, 0.3) is 10.4 Å². The zero-order valence-electron chi connectivity index (χ0n) is 14.9. The molecule has 0 amide bonds. The van der Waals surface area contributed by atoms with Gasteiger partial charge in [0.15, 0.2) is 5.60 Å². The monoisotopic (exact) mass is 387 g/mol. The molecule has 142 valence electrons. The third-order valence-electron chi connectivity index (χ3n) is 5.19. The molecule has 0 saturated carbocycles. The standard InChI is InChI=1S/C21H13N3O5/c22-24-23-10-11-2-1-3-16-19(11)20(27)29-21(16)14-6-4-12(25)8-17(14)28-18-9-13(26)5-7-15(18)21/h1-9,25-26H,10H2. The molecule has 3 aromatic carbocycles. The molecular weight excluding hydrogens is 374 g/mol. The number of rotatable bonds is 2. The summed E-state index contributed by atoms with van der Waals surface area (Å²) in [6, 6.07) is 14.4. The average Bonchev–Trinajstić information content (AvgIpc) is 3.00. The van der Waals surface area contributed by atoms with Crippen molar-refractivity contribution < 1.29 is 24.5 Å². The molecule has 8 heteroatoms. The maximum absolute atomic E-state index is 13.0. The van der Waals surface area contributed by atoms with E-state index in [-0.39, 0.29) is 18.0 Å². The molecule has 8 nitrogen and oxygen atoms in total. The van der Waals surface area contributed by atoms with Crippen molar-refractivity contribution in [1.82, 2.24) is 0 Å². The van der Waals surface area contributed by atoms with Gasteiger partial charge in [0.1, 0.15) is 23.0 Å². The molecule has 3 aromatic rings. The van der Waals surface area contributed by atoms with E-state index in [9.17, 15) is 15.0 Å². The minimum atomic E-state index is -1.32. The lowest BCUT2D eigenvalue weighted by Crippen LogP contribution is -2.32. The average molecular weight is 387 g/mol. The van der Waals surface area contributed by atoms with E-state index in [0.717, 1.165) is 0 Å². The Kier molecular flexibility index (Phi) is 3.46. The first-order chi connectivity index (χ1) is 14.0. The Morgan fingerprint density at radius 3 is 2.24 bits per heavy atom. The largest absolute Gasteiger partial charge is 0.508 e. The second-order valence-corrected chi connectivity index (χ2v) is 6.76. The lowest BCUT2D eigenvalue weighted by Gasteiger charge is -2.36. The summed E-state index contributed by atoms with van der Waals surface area (Å²) in [6.07, 6.45) is 0. The number of phenols is 2. The molecule has 2 aliphatic rings. The zero-order chi connectivity index (χ0) is 20.2. The van der Waals surface area contributed by atoms with Crippen LogP contribution in [0, 0.1) is 0 Å².